The zero-order valence-corrected chi connectivity index (χ0v) is 19.7. The maximum absolute atomic E-state index is 12.7. The van der Waals surface area contributed by atoms with Gasteiger partial charge in [-0.15, -0.1) is 0 Å². The van der Waals surface area contributed by atoms with Crippen LogP contribution in [-0.4, -0.2) is 24.7 Å². The number of benzene rings is 2. The van der Waals surface area contributed by atoms with Gasteiger partial charge in [-0.2, -0.15) is 13.2 Å². The summed E-state index contributed by atoms with van der Waals surface area (Å²) in [6, 6.07) is 15.6. The number of anilines is 1. The summed E-state index contributed by atoms with van der Waals surface area (Å²) < 4.78 is 49.9. The zero-order valence-electron chi connectivity index (χ0n) is 18.2. The molecule has 0 aliphatic carbocycles. The molecule has 4 rings (SSSR count). The van der Waals surface area contributed by atoms with Gasteiger partial charge in [-0.25, -0.2) is 4.98 Å². The van der Waals surface area contributed by atoms with Crippen molar-refractivity contribution in [2.75, 3.05) is 24.6 Å². The number of hydrogen-bond donors (Lipinski definition) is 0. The van der Waals surface area contributed by atoms with Crippen molar-refractivity contribution in [1.29, 1.82) is 0 Å². The summed E-state index contributed by atoms with van der Waals surface area (Å²) in [5.74, 6) is 1.79. The Bertz CT molecular complexity index is 1060. The lowest BCUT2D eigenvalue weighted by molar-refractivity contribution is -0.137. The summed E-state index contributed by atoms with van der Waals surface area (Å²) in [5.41, 5.74) is 0.290. The van der Waals surface area contributed by atoms with E-state index < -0.39 is 11.7 Å². The first-order valence-corrected chi connectivity index (χ1v) is 11.6. The van der Waals surface area contributed by atoms with Crippen molar-refractivity contribution < 1.29 is 22.6 Å². The van der Waals surface area contributed by atoms with Crippen LogP contribution in [0.5, 0.6) is 11.5 Å². The van der Waals surface area contributed by atoms with Crippen molar-refractivity contribution in [2.45, 2.75) is 25.6 Å². The van der Waals surface area contributed by atoms with E-state index >= 15 is 0 Å². The lowest BCUT2D eigenvalue weighted by atomic mass is 9.98. The molecule has 34 heavy (non-hydrogen) atoms. The Morgan fingerprint density at radius 2 is 1.62 bits per heavy atom. The van der Waals surface area contributed by atoms with E-state index in [1.54, 1.807) is 12.1 Å². The van der Waals surface area contributed by atoms with E-state index in [0.717, 1.165) is 30.7 Å². The van der Waals surface area contributed by atoms with Crippen LogP contribution in [0.15, 0.2) is 60.8 Å². The fraction of sp³-hybridized carbons (Fsp3) is 0.320. The highest BCUT2D eigenvalue weighted by Crippen LogP contribution is 2.38. The quantitative estimate of drug-likeness (QED) is 0.334. The molecule has 0 radical (unpaired) electrons. The van der Waals surface area contributed by atoms with E-state index in [4.69, 9.17) is 32.7 Å². The molecular formula is C25H23Cl2F3N2O2. The number of nitrogens with zero attached hydrogens (tertiary/aromatic N) is 2. The van der Waals surface area contributed by atoms with Crippen molar-refractivity contribution in [1.82, 2.24) is 4.98 Å². The minimum Gasteiger partial charge on any atom is -0.490 e. The van der Waals surface area contributed by atoms with Crippen molar-refractivity contribution >= 4 is 29.0 Å². The summed E-state index contributed by atoms with van der Waals surface area (Å²) >= 11 is 12.8. The van der Waals surface area contributed by atoms with Gasteiger partial charge >= 0.3 is 6.18 Å². The van der Waals surface area contributed by atoms with Gasteiger partial charge in [-0.05, 0) is 36.5 Å². The molecule has 1 saturated heterocycles. The van der Waals surface area contributed by atoms with E-state index in [0.29, 0.717) is 53.7 Å². The molecule has 9 heteroatoms. The second kappa shape index (κ2) is 10.7. The third-order valence-electron chi connectivity index (χ3n) is 5.70. The standard InChI is InChI=1S/C25H23Cl2F3N2O2/c26-21-12-20(33-15-17-4-2-1-3-5-17)13-22(27)24(21)34-16-18-8-10-32(11-9-18)23-7-6-19(14-31-23)25(28,29)30/h1-7,12-14,18H,8-11,15-16H2. The molecule has 2 heterocycles. The molecule has 0 atom stereocenters. The first-order chi connectivity index (χ1) is 16.3. The van der Waals surface area contributed by atoms with Gasteiger partial charge in [0.1, 0.15) is 18.2 Å². The number of alkyl halides is 3. The van der Waals surface area contributed by atoms with Crippen LogP contribution in [0.4, 0.5) is 19.0 Å². The van der Waals surface area contributed by atoms with E-state index in [1.165, 1.54) is 6.07 Å². The zero-order chi connectivity index (χ0) is 24.1. The van der Waals surface area contributed by atoms with Gasteiger partial charge in [0, 0.05) is 31.4 Å². The molecule has 1 aliphatic heterocycles. The van der Waals surface area contributed by atoms with Crippen LogP contribution in [-0.2, 0) is 12.8 Å². The Morgan fingerprint density at radius 1 is 0.941 bits per heavy atom. The Morgan fingerprint density at radius 3 is 2.21 bits per heavy atom. The smallest absolute Gasteiger partial charge is 0.417 e. The lowest BCUT2D eigenvalue weighted by Crippen LogP contribution is -2.36. The molecule has 2 aromatic carbocycles. The second-order valence-electron chi connectivity index (χ2n) is 8.13. The molecule has 1 aliphatic rings. The van der Waals surface area contributed by atoms with Gasteiger partial charge in [0.25, 0.3) is 0 Å². The molecule has 1 fully saturated rings. The molecule has 0 N–H and O–H groups in total. The van der Waals surface area contributed by atoms with Crippen LogP contribution in [0.3, 0.4) is 0 Å². The molecule has 1 aromatic heterocycles. The summed E-state index contributed by atoms with van der Waals surface area (Å²) in [6.45, 7) is 2.21. The van der Waals surface area contributed by atoms with Gasteiger partial charge in [-0.1, -0.05) is 53.5 Å². The number of piperidine rings is 1. The van der Waals surface area contributed by atoms with Crippen LogP contribution < -0.4 is 14.4 Å². The van der Waals surface area contributed by atoms with Gasteiger partial charge in [-0.3, -0.25) is 0 Å². The first-order valence-electron chi connectivity index (χ1n) is 10.9. The third kappa shape index (κ3) is 6.27. The van der Waals surface area contributed by atoms with Crippen molar-refractivity contribution in [3.05, 3.63) is 82.0 Å². The lowest BCUT2D eigenvalue weighted by Gasteiger charge is -2.32. The minimum atomic E-state index is -4.38. The topological polar surface area (TPSA) is 34.6 Å². The van der Waals surface area contributed by atoms with Gasteiger partial charge in [0.05, 0.1) is 22.2 Å². The largest absolute Gasteiger partial charge is 0.490 e. The van der Waals surface area contributed by atoms with Gasteiger partial charge in [0.2, 0.25) is 0 Å². The number of aromatic nitrogens is 1. The van der Waals surface area contributed by atoms with E-state index in [-0.39, 0.29) is 5.92 Å². The molecule has 0 saturated carbocycles. The highest BCUT2D eigenvalue weighted by molar-refractivity contribution is 6.37. The van der Waals surface area contributed by atoms with Crippen LogP contribution >= 0.6 is 23.2 Å². The summed E-state index contributed by atoms with van der Waals surface area (Å²) in [5, 5.41) is 0.754. The SMILES string of the molecule is FC(F)(F)c1ccc(N2CCC(COc3c(Cl)cc(OCc4ccccc4)cc3Cl)CC2)nc1. The van der Waals surface area contributed by atoms with Crippen molar-refractivity contribution in [3.63, 3.8) is 0 Å². The predicted octanol–water partition coefficient (Wildman–Crippen LogP) is 7.28. The van der Waals surface area contributed by atoms with Crippen LogP contribution in [0, 0.1) is 5.92 Å². The molecular weight excluding hydrogens is 488 g/mol. The first kappa shape index (κ1) is 24.5. The highest BCUT2D eigenvalue weighted by atomic mass is 35.5. The number of halogens is 5. The Kier molecular flexibility index (Phi) is 7.73. The summed E-state index contributed by atoms with van der Waals surface area (Å²) in [4.78, 5) is 5.96. The van der Waals surface area contributed by atoms with Crippen LogP contribution in [0.2, 0.25) is 10.0 Å². The van der Waals surface area contributed by atoms with E-state index in [2.05, 4.69) is 4.98 Å². The van der Waals surface area contributed by atoms with Gasteiger partial charge in [0.15, 0.2) is 5.75 Å². The van der Waals surface area contributed by atoms with E-state index in [9.17, 15) is 13.2 Å². The molecule has 4 nitrogen and oxygen atoms in total. The highest BCUT2D eigenvalue weighted by Gasteiger charge is 2.31. The summed E-state index contributed by atoms with van der Waals surface area (Å²) in [6.07, 6.45) is -1.88. The molecule has 180 valence electrons. The maximum Gasteiger partial charge on any atom is 0.417 e. The Labute approximate surface area is 206 Å². The molecule has 0 bridgehead atoms. The summed E-state index contributed by atoms with van der Waals surface area (Å²) in [7, 11) is 0. The molecule has 0 amide bonds. The number of pyridine rings is 1. The number of ether oxygens (including phenoxy) is 2. The van der Waals surface area contributed by atoms with Crippen molar-refractivity contribution in [2.24, 2.45) is 5.92 Å². The molecule has 0 unspecified atom stereocenters. The monoisotopic (exact) mass is 510 g/mol. The Balaban J connectivity index is 1.28. The normalized spacial score (nSPS) is 14.8. The third-order valence-corrected chi connectivity index (χ3v) is 6.26. The molecule has 3 aromatic rings. The Hall–Kier alpha value is -2.64. The fourth-order valence-electron chi connectivity index (χ4n) is 3.77. The van der Waals surface area contributed by atoms with Crippen LogP contribution in [0.1, 0.15) is 24.0 Å². The van der Waals surface area contributed by atoms with Crippen LogP contribution in [0.25, 0.3) is 0 Å². The number of hydrogen-bond acceptors (Lipinski definition) is 4. The molecule has 0 spiro atoms. The predicted molar refractivity (Wildman–Crippen MR) is 127 cm³/mol. The average Bonchev–Trinajstić information content (AvgIpc) is 2.83. The minimum absolute atomic E-state index is 0.270. The van der Waals surface area contributed by atoms with Gasteiger partial charge < -0.3 is 14.4 Å². The van der Waals surface area contributed by atoms with Crippen molar-refractivity contribution in [3.8, 4) is 11.5 Å². The number of rotatable bonds is 7. The second-order valence-corrected chi connectivity index (χ2v) is 8.95. The maximum atomic E-state index is 12.7. The average molecular weight is 511 g/mol. The fourth-order valence-corrected chi connectivity index (χ4v) is 4.35. The van der Waals surface area contributed by atoms with E-state index in [1.807, 2.05) is 35.2 Å².